The molecule has 1 rings (SSSR count). The first-order valence-corrected chi connectivity index (χ1v) is 6.61. The summed E-state index contributed by atoms with van der Waals surface area (Å²) in [4.78, 5) is 0. The molecule has 1 N–H and O–H groups in total. The molecule has 0 heterocycles. The van der Waals surface area contributed by atoms with Crippen molar-refractivity contribution in [1.29, 1.82) is 0 Å². The number of hydrogen-bond acceptors (Lipinski definition) is 1. The van der Waals surface area contributed by atoms with Crippen molar-refractivity contribution in [3.05, 3.63) is 34.1 Å². The topological polar surface area (TPSA) is 12.0 Å². The second kappa shape index (κ2) is 7.25. The Kier molecular flexibility index (Phi) is 6.32. The van der Waals surface area contributed by atoms with Crippen molar-refractivity contribution in [2.45, 2.75) is 31.7 Å². The molecule has 0 radical (unpaired) electrons. The first-order valence-electron chi connectivity index (χ1n) is 5.38. The van der Waals surface area contributed by atoms with Gasteiger partial charge in [-0.1, -0.05) is 15.9 Å². The molecule has 1 unspecified atom stereocenters. The van der Waals surface area contributed by atoms with E-state index < -0.39 is 0 Å². The van der Waals surface area contributed by atoms with Crippen molar-refractivity contribution in [3.8, 4) is 0 Å². The summed E-state index contributed by atoms with van der Waals surface area (Å²) in [5.74, 6) is -0.165. The van der Waals surface area contributed by atoms with Crippen LogP contribution in [-0.4, -0.2) is 11.9 Å². The molecule has 1 atom stereocenters. The molecular weight excluding hydrogens is 292 g/mol. The molecule has 0 bridgehead atoms. The minimum Gasteiger partial charge on any atom is -0.313 e. The highest BCUT2D eigenvalue weighted by atomic mass is 79.9. The summed E-state index contributed by atoms with van der Waals surface area (Å²) in [5, 5.41) is 3.42. The number of nitrogens with one attached hydrogen (secondary N) is 1. The average Bonchev–Trinajstić information content (AvgIpc) is 2.22. The molecule has 90 valence electrons. The van der Waals surface area contributed by atoms with E-state index in [2.05, 4.69) is 21.2 Å². The zero-order chi connectivity index (χ0) is 12.0. The molecule has 0 aliphatic heterocycles. The molecule has 0 saturated heterocycles. The van der Waals surface area contributed by atoms with E-state index in [-0.39, 0.29) is 11.2 Å². The molecule has 0 saturated carbocycles. The Morgan fingerprint density at radius 2 is 2.25 bits per heavy atom. The lowest BCUT2D eigenvalue weighted by molar-refractivity contribution is 0.574. The minimum atomic E-state index is -0.165. The lowest BCUT2D eigenvalue weighted by Crippen LogP contribution is -2.16. The number of halogens is 3. The van der Waals surface area contributed by atoms with Gasteiger partial charge >= 0.3 is 0 Å². The highest BCUT2D eigenvalue weighted by Gasteiger charge is 2.02. The van der Waals surface area contributed by atoms with E-state index in [9.17, 15) is 4.39 Å². The van der Waals surface area contributed by atoms with Crippen LogP contribution in [0.1, 0.15) is 25.3 Å². The first-order chi connectivity index (χ1) is 7.59. The van der Waals surface area contributed by atoms with Crippen LogP contribution in [0.25, 0.3) is 0 Å². The van der Waals surface area contributed by atoms with E-state index in [1.807, 2.05) is 6.92 Å². The maximum atomic E-state index is 13.3. The third-order valence-electron chi connectivity index (χ3n) is 2.28. The lowest BCUT2D eigenvalue weighted by Gasteiger charge is -2.07. The molecule has 1 nitrogen and oxygen atoms in total. The standard InChI is InChI=1S/C12H16BrClFN/c1-9(14)3-2-6-16-8-10-7-11(13)4-5-12(10)15/h4-5,7,9,16H,2-3,6,8H2,1H3. The second-order valence-corrected chi connectivity index (χ2v) is 5.50. The maximum absolute atomic E-state index is 13.3. The Morgan fingerprint density at radius 1 is 1.50 bits per heavy atom. The Balaban J connectivity index is 2.29. The fourth-order valence-electron chi connectivity index (χ4n) is 1.41. The van der Waals surface area contributed by atoms with E-state index in [0.717, 1.165) is 23.9 Å². The van der Waals surface area contributed by atoms with Crippen LogP contribution in [0.3, 0.4) is 0 Å². The van der Waals surface area contributed by atoms with Gasteiger partial charge in [0.1, 0.15) is 5.82 Å². The first kappa shape index (κ1) is 13.9. The Hall–Kier alpha value is -0.120. The average molecular weight is 309 g/mol. The van der Waals surface area contributed by atoms with Gasteiger partial charge < -0.3 is 5.32 Å². The van der Waals surface area contributed by atoms with Gasteiger partial charge in [-0.05, 0) is 44.5 Å². The monoisotopic (exact) mass is 307 g/mol. The van der Waals surface area contributed by atoms with Gasteiger partial charge in [0.2, 0.25) is 0 Å². The second-order valence-electron chi connectivity index (χ2n) is 3.84. The predicted octanol–water partition coefficient (Wildman–Crippen LogP) is 4.09. The highest BCUT2D eigenvalue weighted by molar-refractivity contribution is 9.10. The minimum absolute atomic E-state index is 0.165. The van der Waals surface area contributed by atoms with Crippen molar-refractivity contribution < 1.29 is 4.39 Å². The Labute approximate surface area is 110 Å². The van der Waals surface area contributed by atoms with Crippen LogP contribution >= 0.6 is 27.5 Å². The third kappa shape index (κ3) is 5.28. The number of rotatable bonds is 6. The van der Waals surface area contributed by atoms with Crippen molar-refractivity contribution in [1.82, 2.24) is 5.32 Å². The lowest BCUT2D eigenvalue weighted by atomic mass is 10.2. The third-order valence-corrected chi connectivity index (χ3v) is 2.99. The van der Waals surface area contributed by atoms with Gasteiger partial charge in [0, 0.05) is 22.0 Å². The zero-order valence-electron chi connectivity index (χ0n) is 9.27. The molecular formula is C12H16BrClFN. The van der Waals surface area contributed by atoms with Crippen molar-refractivity contribution in [2.24, 2.45) is 0 Å². The molecule has 0 amide bonds. The molecule has 0 aliphatic carbocycles. The summed E-state index contributed by atoms with van der Waals surface area (Å²) >= 11 is 9.15. The predicted molar refractivity (Wildman–Crippen MR) is 70.4 cm³/mol. The van der Waals surface area contributed by atoms with Crippen LogP contribution in [-0.2, 0) is 6.54 Å². The van der Waals surface area contributed by atoms with Gasteiger partial charge in [-0.3, -0.25) is 0 Å². The summed E-state index contributed by atoms with van der Waals surface area (Å²) in [6, 6.07) is 4.97. The number of benzene rings is 1. The van der Waals surface area contributed by atoms with E-state index in [1.165, 1.54) is 6.07 Å². The summed E-state index contributed by atoms with van der Waals surface area (Å²) < 4.78 is 14.2. The Bertz CT molecular complexity index is 331. The van der Waals surface area contributed by atoms with E-state index in [0.29, 0.717) is 12.1 Å². The molecule has 1 aromatic carbocycles. The van der Waals surface area contributed by atoms with Crippen molar-refractivity contribution >= 4 is 27.5 Å². The fraction of sp³-hybridized carbons (Fsp3) is 0.500. The van der Waals surface area contributed by atoms with Gasteiger partial charge in [0.25, 0.3) is 0 Å². The van der Waals surface area contributed by atoms with Gasteiger partial charge in [-0.15, -0.1) is 11.6 Å². The molecule has 1 aromatic rings. The molecule has 0 aliphatic rings. The number of hydrogen-bond donors (Lipinski definition) is 1. The largest absolute Gasteiger partial charge is 0.313 e. The van der Waals surface area contributed by atoms with Gasteiger partial charge in [0.15, 0.2) is 0 Å². The number of alkyl halides is 1. The normalized spacial score (nSPS) is 12.8. The van der Waals surface area contributed by atoms with E-state index >= 15 is 0 Å². The van der Waals surface area contributed by atoms with E-state index in [1.54, 1.807) is 12.1 Å². The van der Waals surface area contributed by atoms with Gasteiger partial charge in [-0.25, -0.2) is 4.39 Å². The maximum Gasteiger partial charge on any atom is 0.127 e. The summed E-state index contributed by atoms with van der Waals surface area (Å²) in [6.07, 6.45) is 2.00. The van der Waals surface area contributed by atoms with Gasteiger partial charge in [-0.2, -0.15) is 0 Å². The summed E-state index contributed by atoms with van der Waals surface area (Å²) in [6.45, 7) is 3.40. The van der Waals surface area contributed by atoms with Crippen LogP contribution < -0.4 is 5.32 Å². The van der Waals surface area contributed by atoms with Crippen molar-refractivity contribution in [2.75, 3.05) is 6.54 Å². The highest BCUT2D eigenvalue weighted by Crippen LogP contribution is 2.15. The van der Waals surface area contributed by atoms with Crippen LogP contribution in [0, 0.1) is 5.82 Å². The van der Waals surface area contributed by atoms with Crippen LogP contribution in [0.4, 0.5) is 4.39 Å². The van der Waals surface area contributed by atoms with Crippen LogP contribution in [0.2, 0.25) is 0 Å². The summed E-state index contributed by atoms with van der Waals surface area (Å²) in [5.41, 5.74) is 0.688. The van der Waals surface area contributed by atoms with Crippen LogP contribution in [0.15, 0.2) is 22.7 Å². The van der Waals surface area contributed by atoms with Crippen LogP contribution in [0.5, 0.6) is 0 Å². The smallest absolute Gasteiger partial charge is 0.127 e. The quantitative estimate of drug-likeness (QED) is 0.616. The van der Waals surface area contributed by atoms with Gasteiger partial charge in [0.05, 0.1) is 0 Å². The SMILES string of the molecule is CC(Cl)CCCNCc1cc(Br)ccc1F. The molecule has 0 spiro atoms. The summed E-state index contributed by atoms with van der Waals surface area (Å²) in [7, 11) is 0. The Morgan fingerprint density at radius 3 is 2.94 bits per heavy atom. The molecule has 16 heavy (non-hydrogen) atoms. The zero-order valence-corrected chi connectivity index (χ0v) is 11.6. The van der Waals surface area contributed by atoms with Crippen molar-refractivity contribution in [3.63, 3.8) is 0 Å². The molecule has 0 fully saturated rings. The molecule has 4 heteroatoms. The molecule has 0 aromatic heterocycles. The van der Waals surface area contributed by atoms with E-state index in [4.69, 9.17) is 11.6 Å². The fourth-order valence-corrected chi connectivity index (χ4v) is 1.97.